The van der Waals surface area contributed by atoms with E-state index in [1.807, 2.05) is 20.8 Å². The predicted octanol–water partition coefficient (Wildman–Crippen LogP) is 2.53. The molecule has 1 N–H and O–H groups in total. The summed E-state index contributed by atoms with van der Waals surface area (Å²) in [6, 6.07) is 4.65. The molecule has 2 rings (SSSR count). The maximum absolute atomic E-state index is 13.3. The van der Waals surface area contributed by atoms with Gasteiger partial charge in [-0.1, -0.05) is 12.1 Å². The third kappa shape index (κ3) is 3.00. The fraction of sp³-hybridized carbons (Fsp3) is 0.571. The molecule has 0 radical (unpaired) electrons. The molecule has 0 amide bonds. The summed E-state index contributed by atoms with van der Waals surface area (Å²) in [7, 11) is 0. The van der Waals surface area contributed by atoms with Gasteiger partial charge in [0.2, 0.25) is 0 Å². The minimum absolute atomic E-state index is 0.143. The molecule has 1 aliphatic heterocycles. The minimum atomic E-state index is -0.562. The number of halogens is 1. The number of phenols is 1. The molecule has 1 aromatic carbocycles. The van der Waals surface area contributed by atoms with Crippen molar-refractivity contribution >= 4 is 0 Å². The van der Waals surface area contributed by atoms with Crippen LogP contribution in [0.15, 0.2) is 18.2 Å². The van der Waals surface area contributed by atoms with Crippen molar-refractivity contribution in [2.45, 2.75) is 39.0 Å². The molecule has 1 atom stereocenters. The van der Waals surface area contributed by atoms with Crippen LogP contribution in [0.1, 0.15) is 26.3 Å². The van der Waals surface area contributed by atoms with E-state index >= 15 is 0 Å². The highest BCUT2D eigenvalue weighted by Gasteiger charge is 2.31. The zero-order valence-electron chi connectivity index (χ0n) is 11.1. The number of aromatic hydroxyl groups is 1. The van der Waals surface area contributed by atoms with Crippen LogP contribution in [0.2, 0.25) is 0 Å². The van der Waals surface area contributed by atoms with Gasteiger partial charge in [-0.25, -0.2) is 4.39 Å². The topological polar surface area (TPSA) is 32.7 Å². The molecular weight excluding hydrogens is 233 g/mol. The molecule has 0 aliphatic carbocycles. The van der Waals surface area contributed by atoms with E-state index in [4.69, 9.17) is 4.74 Å². The number of para-hydroxylation sites is 1. The Morgan fingerprint density at radius 2 is 2.22 bits per heavy atom. The number of morpholine rings is 1. The third-order valence-electron chi connectivity index (χ3n) is 3.10. The monoisotopic (exact) mass is 253 g/mol. The maximum atomic E-state index is 13.3. The Bertz CT molecular complexity index is 434. The van der Waals surface area contributed by atoms with E-state index in [1.165, 1.54) is 6.07 Å². The summed E-state index contributed by atoms with van der Waals surface area (Å²) in [5.41, 5.74) is 0.417. The van der Waals surface area contributed by atoms with Crippen molar-refractivity contribution < 1.29 is 14.2 Å². The van der Waals surface area contributed by atoms with Gasteiger partial charge in [0, 0.05) is 25.2 Å². The lowest BCUT2D eigenvalue weighted by Gasteiger charge is -2.41. The van der Waals surface area contributed by atoms with Gasteiger partial charge in [0.15, 0.2) is 11.6 Å². The zero-order chi connectivity index (χ0) is 13.3. The molecule has 0 aromatic heterocycles. The summed E-state index contributed by atoms with van der Waals surface area (Å²) in [5, 5.41) is 9.69. The largest absolute Gasteiger partial charge is 0.505 e. The first-order valence-corrected chi connectivity index (χ1v) is 6.24. The van der Waals surface area contributed by atoms with E-state index in [0.717, 1.165) is 13.1 Å². The van der Waals surface area contributed by atoms with Crippen molar-refractivity contribution in [2.24, 2.45) is 0 Å². The molecule has 1 saturated heterocycles. The van der Waals surface area contributed by atoms with Crippen LogP contribution < -0.4 is 0 Å². The third-order valence-corrected chi connectivity index (χ3v) is 3.10. The lowest BCUT2D eigenvalue weighted by molar-refractivity contribution is -0.130. The fourth-order valence-electron chi connectivity index (χ4n) is 2.63. The Morgan fingerprint density at radius 1 is 1.50 bits per heavy atom. The van der Waals surface area contributed by atoms with Gasteiger partial charge in [-0.05, 0) is 26.8 Å². The van der Waals surface area contributed by atoms with Gasteiger partial charge in [0.1, 0.15) is 0 Å². The minimum Gasteiger partial charge on any atom is -0.505 e. The Balaban J connectivity index is 2.11. The van der Waals surface area contributed by atoms with Crippen molar-refractivity contribution in [1.29, 1.82) is 0 Å². The Kier molecular flexibility index (Phi) is 3.59. The van der Waals surface area contributed by atoms with Crippen LogP contribution in [0.3, 0.4) is 0 Å². The van der Waals surface area contributed by atoms with Crippen LogP contribution >= 0.6 is 0 Å². The second-order valence-corrected chi connectivity index (χ2v) is 5.61. The van der Waals surface area contributed by atoms with E-state index in [2.05, 4.69) is 4.90 Å². The average Bonchev–Trinajstić information content (AvgIpc) is 2.22. The van der Waals surface area contributed by atoms with Crippen molar-refractivity contribution in [3.05, 3.63) is 29.6 Å². The van der Waals surface area contributed by atoms with Crippen molar-refractivity contribution in [2.75, 3.05) is 13.1 Å². The second-order valence-electron chi connectivity index (χ2n) is 5.61. The number of ether oxygens (including phenoxy) is 1. The number of benzene rings is 1. The Hall–Kier alpha value is -1.13. The first-order chi connectivity index (χ1) is 8.37. The smallest absolute Gasteiger partial charge is 0.165 e. The molecule has 18 heavy (non-hydrogen) atoms. The van der Waals surface area contributed by atoms with Crippen molar-refractivity contribution in [3.8, 4) is 5.75 Å². The SMILES string of the molecule is CC1CN(Cc2cccc(F)c2O)CC(C)(C)O1. The van der Waals surface area contributed by atoms with E-state index < -0.39 is 5.82 Å². The summed E-state index contributed by atoms with van der Waals surface area (Å²) < 4.78 is 19.1. The van der Waals surface area contributed by atoms with Crippen LogP contribution in [0.4, 0.5) is 4.39 Å². The number of hydrogen-bond acceptors (Lipinski definition) is 3. The number of hydrogen-bond donors (Lipinski definition) is 1. The molecule has 0 saturated carbocycles. The summed E-state index contributed by atoms with van der Waals surface area (Å²) in [6.07, 6.45) is 0.143. The number of nitrogens with zero attached hydrogens (tertiary/aromatic N) is 1. The first kappa shape index (κ1) is 13.3. The van der Waals surface area contributed by atoms with Gasteiger partial charge in [0.25, 0.3) is 0 Å². The summed E-state index contributed by atoms with van der Waals surface area (Å²) in [4.78, 5) is 2.18. The predicted molar refractivity (Wildman–Crippen MR) is 68.0 cm³/mol. The number of phenolic OH excluding ortho intramolecular Hbond substituents is 1. The van der Waals surface area contributed by atoms with Crippen LogP contribution in [0, 0.1) is 5.82 Å². The van der Waals surface area contributed by atoms with Crippen LogP contribution in [-0.4, -0.2) is 34.8 Å². The van der Waals surface area contributed by atoms with E-state index in [0.29, 0.717) is 12.1 Å². The lowest BCUT2D eigenvalue weighted by atomic mass is 10.0. The highest BCUT2D eigenvalue weighted by Crippen LogP contribution is 2.26. The van der Waals surface area contributed by atoms with Crippen molar-refractivity contribution in [3.63, 3.8) is 0 Å². The van der Waals surface area contributed by atoms with Gasteiger partial charge in [-0.15, -0.1) is 0 Å². The normalized spacial score (nSPS) is 24.1. The fourth-order valence-corrected chi connectivity index (χ4v) is 2.63. The van der Waals surface area contributed by atoms with Crippen molar-refractivity contribution in [1.82, 2.24) is 4.90 Å². The number of rotatable bonds is 2. The summed E-state index contributed by atoms with van der Waals surface area (Å²) >= 11 is 0. The average molecular weight is 253 g/mol. The molecule has 1 aromatic rings. The molecule has 1 fully saturated rings. The summed E-state index contributed by atoms with van der Waals surface area (Å²) in [6.45, 7) is 8.22. The summed E-state index contributed by atoms with van der Waals surface area (Å²) in [5.74, 6) is -0.803. The van der Waals surface area contributed by atoms with Gasteiger partial charge in [0.05, 0.1) is 11.7 Å². The molecule has 0 bridgehead atoms. The maximum Gasteiger partial charge on any atom is 0.165 e. The Labute approximate surface area is 107 Å². The van der Waals surface area contributed by atoms with Crippen LogP contribution in [0.25, 0.3) is 0 Å². The quantitative estimate of drug-likeness (QED) is 0.879. The highest BCUT2D eigenvalue weighted by molar-refractivity contribution is 5.33. The van der Waals surface area contributed by atoms with E-state index in [1.54, 1.807) is 12.1 Å². The molecule has 3 nitrogen and oxygen atoms in total. The second kappa shape index (κ2) is 4.86. The molecule has 1 aliphatic rings. The first-order valence-electron chi connectivity index (χ1n) is 6.24. The van der Waals surface area contributed by atoms with E-state index in [9.17, 15) is 9.50 Å². The van der Waals surface area contributed by atoms with E-state index in [-0.39, 0.29) is 17.5 Å². The van der Waals surface area contributed by atoms with Gasteiger partial charge >= 0.3 is 0 Å². The highest BCUT2D eigenvalue weighted by atomic mass is 19.1. The molecule has 0 spiro atoms. The van der Waals surface area contributed by atoms with Gasteiger partial charge in [-0.2, -0.15) is 0 Å². The molecule has 1 heterocycles. The lowest BCUT2D eigenvalue weighted by Crippen LogP contribution is -2.51. The van der Waals surface area contributed by atoms with Crippen LogP contribution in [-0.2, 0) is 11.3 Å². The van der Waals surface area contributed by atoms with Gasteiger partial charge < -0.3 is 9.84 Å². The Morgan fingerprint density at radius 3 is 2.89 bits per heavy atom. The molecule has 1 unspecified atom stereocenters. The standard InChI is InChI=1S/C14H20FNO2/c1-10-7-16(9-14(2,3)18-10)8-11-5-4-6-12(15)13(11)17/h4-6,10,17H,7-9H2,1-3H3. The van der Waals surface area contributed by atoms with Gasteiger partial charge in [-0.3, -0.25) is 4.90 Å². The molecule has 4 heteroatoms. The zero-order valence-corrected chi connectivity index (χ0v) is 11.1. The molecular formula is C14H20FNO2. The van der Waals surface area contributed by atoms with Crippen LogP contribution in [0.5, 0.6) is 5.75 Å². The molecule has 100 valence electrons.